The number of nitrogen functional groups attached to an aromatic ring is 1. The van der Waals surface area contributed by atoms with Crippen molar-refractivity contribution in [1.82, 2.24) is 0 Å². The molecule has 0 unspecified atom stereocenters. The fraction of sp³-hybridized carbons (Fsp3) is 0.417. The van der Waals surface area contributed by atoms with Crippen molar-refractivity contribution in [2.45, 2.75) is 25.0 Å². The summed E-state index contributed by atoms with van der Waals surface area (Å²) in [5, 5.41) is 12.1. The molecule has 1 aromatic rings. The molecular weight excluding hydrogens is 220 g/mol. The molecule has 1 saturated carbocycles. The van der Waals surface area contributed by atoms with Gasteiger partial charge in [0.05, 0.1) is 23.0 Å². The lowest BCUT2D eigenvalue weighted by Crippen LogP contribution is -2.40. The summed E-state index contributed by atoms with van der Waals surface area (Å²) in [6.07, 6.45) is 2.15. The molecule has 1 aliphatic rings. The fourth-order valence-electron chi connectivity index (χ4n) is 1.91. The van der Waals surface area contributed by atoms with Crippen molar-refractivity contribution in [2.75, 3.05) is 18.2 Å². The Bertz CT molecular complexity index is 428. The van der Waals surface area contributed by atoms with Crippen molar-refractivity contribution < 1.29 is 14.6 Å². The first kappa shape index (κ1) is 11.7. The van der Waals surface area contributed by atoms with Crippen LogP contribution in [0.2, 0.25) is 0 Å². The summed E-state index contributed by atoms with van der Waals surface area (Å²) in [5.74, 6) is -0.948. The van der Waals surface area contributed by atoms with E-state index in [4.69, 9.17) is 15.6 Å². The van der Waals surface area contributed by atoms with Gasteiger partial charge >= 0.3 is 5.97 Å². The predicted molar refractivity (Wildman–Crippen MR) is 65.3 cm³/mol. The summed E-state index contributed by atoms with van der Waals surface area (Å²) >= 11 is 0. The van der Waals surface area contributed by atoms with Crippen LogP contribution in [0.25, 0.3) is 0 Å². The number of carbonyl (C=O) groups is 1. The topological polar surface area (TPSA) is 84.6 Å². The molecule has 17 heavy (non-hydrogen) atoms. The summed E-state index contributed by atoms with van der Waals surface area (Å²) in [6, 6.07) is 4.99. The Morgan fingerprint density at radius 3 is 2.82 bits per heavy atom. The first-order valence-corrected chi connectivity index (χ1v) is 5.52. The van der Waals surface area contributed by atoms with E-state index in [1.54, 1.807) is 19.2 Å². The number of hydrogen-bond donors (Lipinski definition) is 3. The number of methoxy groups -OCH3 is 1. The van der Waals surface area contributed by atoms with E-state index in [1.807, 2.05) is 0 Å². The van der Waals surface area contributed by atoms with Gasteiger partial charge in [0.15, 0.2) is 0 Å². The second-order valence-electron chi connectivity index (χ2n) is 4.28. The summed E-state index contributed by atoms with van der Waals surface area (Å²) < 4.78 is 5.18. The van der Waals surface area contributed by atoms with Crippen molar-refractivity contribution in [3.8, 4) is 0 Å². The number of anilines is 2. The normalized spacial score (nSPS) is 22.9. The van der Waals surface area contributed by atoms with Crippen LogP contribution in [-0.2, 0) is 4.74 Å². The van der Waals surface area contributed by atoms with Crippen molar-refractivity contribution in [2.24, 2.45) is 0 Å². The first-order chi connectivity index (χ1) is 8.10. The van der Waals surface area contributed by atoms with Crippen molar-refractivity contribution in [3.05, 3.63) is 23.8 Å². The smallest absolute Gasteiger partial charge is 0.335 e. The molecular formula is C12H16N2O3. The van der Waals surface area contributed by atoms with Crippen LogP contribution in [0.3, 0.4) is 0 Å². The summed E-state index contributed by atoms with van der Waals surface area (Å²) in [5.41, 5.74) is 7.29. The van der Waals surface area contributed by atoms with Crippen molar-refractivity contribution in [1.29, 1.82) is 0 Å². The molecule has 4 N–H and O–H groups in total. The van der Waals surface area contributed by atoms with Gasteiger partial charge in [0.1, 0.15) is 0 Å². The Morgan fingerprint density at radius 1 is 1.53 bits per heavy atom. The zero-order chi connectivity index (χ0) is 12.4. The number of nitrogens with two attached hydrogens (primary N) is 1. The minimum Gasteiger partial charge on any atom is -0.478 e. The molecule has 0 atom stereocenters. The lowest BCUT2D eigenvalue weighted by atomic mass is 9.89. The third-order valence-electron chi connectivity index (χ3n) is 3.09. The fourth-order valence-corrected chi connectivity index (χ4v) is 1.91. The van der Waals surface area contributed by atoms with Crippen LogP contribution in [0.4, 0.5) is 11.4 Å². The predicted octanol–water partition coefficient (Wildman–Crippen LogP) is 1.56. The van der Waals surface area contributed by atoms with Crippen LogP contribution in [0, 0.1) is 0 Å². The van der Waals surface area contributed by atoms with Crippen LogP contribution in [-0.4, -0.2) is 30.3 Å². The maximum Gasteiger partial charge on any atom is 0.335 e. The maximum absolute atomic E-state index is 10.8. The van der Waals surface area contributed by atoms with Crippen LogP contribution < -0.4 is 11.1 Å². The SMILES string of the molecule is COC1CC(Nc2cc(C(=O)O)ccc2N)C1. The molecule has 5 heteroatoms. The highest BCUT2D eigenvalue weighted by molar-refractivity contribution is 5.90. The molecule has 1 aromatic carbocycles. The zero-order valence-corrected chi connectivity index (χ0v) is 9.64. The summed E-state index contributed by atoms with van der Waals surface area (Å²) in [6.45, 7) is 0. The summed E-state index contributed by atoms with van der Waals surface area (Å²) in [7, 11) is 1.69. The number of rotatable bonds is 4. The Hall–Kier alpha value is -1.75. The first-order valence-electron chi connectivity index (χ1n) is 5.52. The van der Waals surface area contributed by atoms with Crippen LogP contribution in [0.5, 0.6) is 0 Å². The van der Waals surface area contributed by atoms with Gasteiger partial charge in [-0.3, -0.25) is 0 Å². The highest BCUT2D eigenvalue weighted by Crippen LogP contribution is 2.29. The van der Waals surface area contributed by atoms with E-state index >= 15 is 0 Å². The minimum absolute atomic E-state index is 0.240. The van der Waals surface area contributed by atoms with Gasteiger partial charge in [-0.15, -0.1) is 0 Å². The van der Waals surface area contributed by atoms with Gasteiger partial charge in [0.25, 0.3) is 0 Å². The molecule has 0 heterocycles. The number of carboxylic acid groups (broad SMARTS) is 1. The number of ether oxygens (including phenoxy) is 1. The van der Waals surface area contributed by atoms with Gasteiger partial charge in [-0.25, -0.2) is 4.79 Å². The molecule has 0 spiro atoms. The second-order valence-corrected chi connectivity index (χ2v) is 4.28. The standard InChI is InChI=1S/C12H16N2O3/c1-17-9-5-8(6-9)14-11-4-7(12(15)16)2-3-10(11)13/h2-4,8-9,14H,5-6,13H2,1H3,(H,15,16). The van der Waals surface area contributed by atoms with Gasteiger partial charge in [-0.05, 0) is 31.0 Å². The van der Waals surface area contributed by atoms with Gasteiger partial charge in [0, 0.05) is 13.2 Å². The van der Waals surface area contributed by atoms with E-state index in [9.17, 15) is 4.79 Å². The average molecular weight is 236 g/mol. The highest BCUT2D eigenvalue weighted by atomic mass is 16.5. The van der Waals surface area contributed by atoms with E-state index in [0.29, 0.717) is 23.5 Å². The molecule has 0 saturated heterocycles. The second kappa shape index (κ2) is 4.63. The van der Waals surface area contributed by atoms with Crippen LogP contribution in [0.15, 0.2) is 18.2 Å². The van der Waals surface area contributed by atoms with Crippen molar-refractivity contribution in [3.63, 3.8) is 0 Å². The van der Waals surface area contributed by atoms with Gasteiger partial charge < -0.3 is 20.9 Å². The van der Waals surface area contributed by atoms with Gasteiger partial charge in [0.2, 0.25) is 0 Å². The third-order valence-corrected chi connectivity index (χ3v) is 3.09. The van der Waals surface area contributed by atoms with Crippen LogP contribution >= 0.6 is 0 Å². The number of nitrogens with one attached hydrogen (secondary N) is 1. The largest absolute Gasteiger partial charge is 0.478 e. The van der Waals surface area contributed by atoms with Gasteiger partial charge in [-0.2, -0.15) is 0 Å². The highest BCUT2D eigenvalue weighted by Gasteiger charge is 2.29. The molecule has 0 amide bonds. The van der Waals surface area contributed by atoms with Crippen molar-refractivity contribution >= 4 is 17.3 Å². The molecule has 1 aliphatic carbocycles. The Balaban J connectivity index is 2.05. The Morgan fingerprint density at radius 2 is 2.24 bits per heavy atom. The molecule has 0 bridgehead atoms. The Kier molecular flexibility index (Phi) is 3.19. The van der Waals surface area contributed by atoms with E-state index in [2.05, 4.69) is 5.32 Å². The van der Waals surface area contributed by atoms with E-state index in [-0.39, 0.29) is 5.56 Å². The van der Waals surface area contributed by atoms with Crippen LogP contribution in [0.1, 0.15) is 23.2 Å². The lowest BCUT2D eigenvalue weighted by Gasteiger charge is -2.35. The molecule has 2 rings (SSSR count). The molecule has 0 aliphatic heterocycles. The van der Waals surface area contributed by atoms with E-state index < -0.39 is 5.97 Å². The monoisotopic (exact) mass is 236 g/mol. The number of benzene rings is 1. The third kappa shape index (κ3) is 2.50. The minimum atomic E-state index is -0.948. The molecule has 1 fully saturated rings. The van der Waals surface area contributed by atoms with E-state index in [0.717, 1.165) is 12.8 Å². The van der Waals surface area contributed by atoms with Gasteiger partial charge in [-0.1, -0.05) is 0 Å². The lowest BCUT2D eigenvalue weighted by molar-refractivity contribution is 0.0329. The molecule has 92 valence electrons. The molecule has 5 nitrogen and oxygen atoms in total. The number of hydrogen-bond acceptors (Lipinski definition) is 4. The quantitative estimate of drug-likeness (QED) is 0.691. The number of carboxylic acids is 1. The average Bonchev–Trinajstić information content (AvgIpc) is 2.24. The zero-order valence-electron chi connectivity index (χ0n) is 9.64. The van der Waals surface area contributed by atoms with E-state index in [1.165, 1.54) is 6.07 Å². The molecule has 0 radical (unpaired) electrons. The number of aromatic carboxylic acids is 1. The maximum atomic E-state index is 10.8. The molecule has 0 aromatic heterocycles. The Labute approximate surface area is 99.6 Å². The summed E-state index contributed by atoms with van der Waals surface area (Å²) in [4.78, 5) is 10.8.